The fourth-order valence-corrected chi connectivity index (χ4v) is 4.53. The van der Waals surface area contributed by atoms with Crippen LogP contribution < -0.4 is 20.9 Å². The van der Waals surface area contributed by atoms with Crippen LogP contribution in [-0.4, -0.2) is 18.5 Å². The zero-order valence-corrected chi connectivity index (χ0v) is 18.3. The number of fused-ring (bicyclic) bond motifs is 4. The van der Waals surface area contributed by atoms with E-state index in [9.17, 15) is 0 Å². The van der Waals surface area contributed by atoms with Crippen molar-refractivity contribution >= 4 is 23.0 Å². The molecule has 0 fully saturated rings. The Bertz CT molecular complexity index is 1360. The van der Waals surface area contributed by atoms with E-state index in [2.05, 4.69) is 24.3 Å². The maximum absolute atomic E-state index is 6.33. The second kappa shape index (κ2) is 8.21. The normalized spacial score (nSPS) is 22.5. The highest BCUT2D eigenvalue weighted by molar-refractivity contribution is 5.69. The molecule has 2 aliphatic heterocycles. The summed E-state index contributed by atoms with van der Waals surface area (Å²) >= 11 is 0. The third-order valence-electron chi connectivity index (χ3n) is 6.15. The van der Waals surface area contributed by atoms with Gasteiger partial charge in [-0.15, -0.1) is 0 Å². The van der Waals surface area contributed by atoms with Crippen LogP contribution >= 0.6 is 0 Å². The Kier molecular flexibility index (Phi) is 4.91. The lowest BCUT2D eigenvalue weighted by Crippen LogP contribution is -2.41. The second-order valence-corrected chi connectivity index (χ2v) is 8.22. The van der Waals surface area contributed by atoms with Gasteiger partial charge in [0.05, 0.1) is 10.4 Å². The smallest absolute Gasteiger partial charge is 0.291 e. The van der Waals surface area contributed by atoms with Crippen LogP contribution in [0.15, 0.2) is 97.1 Å². The Morgan fingerprint density at radius 1 is 0.667 bits per heavy atom. The van der Waals surface area contributed by atoms with Crippen LogP contribution in [-0.2, 0) is 18.9 Å². The molecule has 0 aromatic heterocycles. The summed E-state index contributed by atoms with van der Waals surface area (Å²) in [6, 6.07) is 16.3. The molecule has 0 N–H and O–H groups in total. The summed E-state index contributed by atoms with van der Waals surface area (Å²) < 4.78 is 25.2. The molecule has 6 rings (SSSR count). The molecule has 0 spiro atoms. The van der Waals surface area contributed by atoms with E-state index in [4.69, 9.17) is 18.9 Å². The van der Waals surface area contributed by atoms with Crippen molar-refractivity contribution in [1.29, 1.82) is 0 Å². The van der Waals surface area contributed by atoms with Gasteiger partial charge in [-0.25, -0.2) is 0 Å². The lowest BCUT2D eigenvalue weighted by molar-refractivity contribution is -0.100. The summed E-state index contributed by atoms with van der Waals surface area (Å²) in [6.07, 6.45) is 16.0. The van der Waals surface area contributed by atoms with Crippen molar-refractivity contribution < 1.29 is 18.9 Å². The second-order valence-electron chi connectivity index (χ2n) is 8.22. The van der Waals surface area contributed by atoms with Crippen LogP contribution in [0.3, 0.4) is 0 Å². The molecule has 2 aromatic carbocycles. The average Bonchev–Trinajstić information content (AvgIpc) is 2.88. The molecule has 2 unspecified atom stereocenters. The highest BCUT2D eigenvalue weighted by atomic mass is 16.8. The zero-order chi connectivity index (χ0) is 22.2. The zero-order valence-electron chi connectivity index (χ0n) is 18.3. The minimum Gasteiger partial charge on any atom is -0.452 e. The SMILES string of the molecule is CCC(OC1=c2ccccc2=C2C=CC=CC2O1)OC1=c2ccccc2=C2C=CC=CC2O1. The maximum Gasteiger partial charge on any atom is 0.291 e. The standard InChI is InChI=1S/C29H24O4/c1-2-27(32-28-23-15-5-3-11-19(23)21-13-7-9-17-25(21)30-28)33-29-24-16-6-4-12-20(24)22-14-8-10-18-26(22)31-29/h3-18,25-27H,2H2,1H3. The fourth-order valence-electron chi connectivity index (χ4n) is 4.53. The number of rotatable bonds is 5. The van der Waals surface area contributed by atoms with Crippen molar-refractivity contribution in [1.82, 2.24) is 0 Å². The molecule has 4 heteroatoms. The van der Waals surface area contributed by atoms with E-state index in [-0.39, 0.29) is 12.2 Å². The first-order chi connectivity index (χ1) is 16.3. The molecule has 0 bridgehead atoms. The predicted octanol–water partition coefficient (Wildman–Crippen LogP) is 2.64. The van der Waals surface area contributed by atoms with Crippen molar-refractivity contribution in [3.8, 4) is 0 Å². The molecule has 2 heterocycles. The first-order valence-corrected chi connectivity index (χ1v) is 11.4. The monoisotopic (exact) mass is 436 g/mol. The number of allylic oxidation sites excluding steroid dienone is 4. The van der Waals surface area contributed by atoms with Gasteiger partial charge in [0.25, 0.3) is 11.9 Å². The molecule has 2 aromatic rings. The van der Waals surface area contributed by atoms with Gasteiger partial charge in [-0.2, -0.15) is 0 Å². The van der Waals surface area contributed by atoms with Crippen molar-refractivity contribution in [3.63, 3.8) is 0 Å². The third-order valence-corrected chi connectivity index (χ3v) is 6.15. The summed E-state index contributed by atoms with van der Waals surface area (Å²) in [4.78, 5) is 0. The largest absolute Gasteiger partial charge is 0.452 e. The van der Waals surface area contributed by atoms with Crippen LogP contribution in [0.4, 0.5) is 0 Å². The van der Waals surface area contributed by atoms with Crippen LogP contribution in [0, 0.1) is 0 Å². The maximum atomic E-state index is 6.33. The van der Waals surface area contributed by atoms with Gasteiger partial charge in [-0.3, -0.25) is 0 Å². The quantitative estimate of drug-likeness (QED) is 0.676. The van der Waals surface area contributed by atoms with Gasteiger partial charge < -0.3 is 18.9 Å². The van der Waals surface area contributed by atoms with Gasteiger partial charge in [-0.05, 0) is 34.7 Å². The molecule has 33 heavy (non-hydrogen) atoms. The molecule has 164 valence electrons. The number of ether oxygens (including phenoxy) is 4. The molecule has 0 radical (unpaired) electrons. The molecule has 2 aliphatic carbocycles. The lowest BCUT2D eigenvalue weighted by atomic mass is 9.99. The Balaban J connectivity index is 1.39. The first kappa shape index (κ1) is 19.7. The topological polar surface area (TPSA) is 36.9 Å². The Morgan fingerprint density at radius 3 is 1.58 bits per heavy atom. The molecule has 0 saturated carbocycles. The van der Waals surface area contributed by atoms with E-state index in [1.165, 1.54) is 0 Å². The lowest BCUT2D eigenvalue weighted by Gasteiger charge is -2.30. The molecular weight excluding hydrogens is 412 g/mol. The van der Waals surface area contributed by atoms with Crippen LogP contribution in [0.2, 0.25) is 0 Å². The van der Waals surface area contributed by atoms with E-state index >= 15 is 0 Å². The Hall–Kier alpha value is -3.92. The Morgan fingerprint density at radius 2 is 1.12 bits per heavy atom. The fraction of sp³-hybridized carbons (Fsp3) is 0.172. The van der Waals surface area contributed by atoms with Crippen LogP contribution in [0.25, 0.3) is 23.0 Å². The van der Waals surface area contributed by atoms with E-state index in [1.54, 1.807) is 0 Å². The Labute approximate surface area is 192 Å². The van der Waals surface area contributed by atoms with Gasteiger partial charge in [0.2, 0.25) is 6.29 Å². The summed E-state index contributed by atoms with van der Waals surface area (Å²) in [6.45, 7) is 2.02. The predicted molar refractivity (Wildman–Crippen MR) is 128 cm³/mol. The van der Waals surface area contributed by atoms with Crippen LogP contribution in [0.5, 0.6) is 0 Å². The molecular formula is C29H24O4. The van der Waals surface area contributed by atoms with Crippen molar-refractivity contribution in [2.24, 2.45) is 0 Å². The molecule has 2 atom stereocenters. The van der Waals surface area contributed by atoms with Gasteiger partial charge in [0.15, 0.2) is 0 Å². The highest BCUT2D eigenvalue weighted by Crippen LogP contribution is 2.25. The van der Waals surface area contributed by atoms with Gasteiger partial charge >= 0.3 is 0 Å². The van der Waals surface area contributed by atoms with E-state index in [0.29, 0.717) is 18.3 Å². The number of benzene rings is 2. The summed E-state index contributed by atoms with van der Waals surface area (Å²) in [5.74, 6) is 0.951. The first-order valence-electron chi connectivity index (χ1n) is 11.4. The third kappa shape index (κ3) is 3.48. The molecule has 4 aliphatic rings. The summed E-state index contributed by atoms with van der Waals surface area (Å²) in [7, 11) is 0. The summed E-state index contributed by atoms with van der Waals surface area (Å²) in [5.41, 5.74) is 2.27. The molecule has 4 nitrogen and oxygen atoms in total. The van der Waals surface area contributed by atoms with Crippen LogP contribution in [0.1, 0.15) is 13.3 Å². The number of hydrogen-bond acceptors (Lipinski definition) is 4. The van der Waals surface area contributed by atoms with Crippen molar-refractivity contribution in [2.45, 2.75) is 31.8 Å². The van der Waals surface area contributed by atoms with Gasteiger partial charge in [0.1, 0.15) is 12.2 Å². The summed E-state index contributed by atoms with van der Waals surface area (Å²) in [5, 5.41) is 4.09. The highest BCUT2D eigenvalue weighted by Gasteiger charge is 2.27. The van der Waals surface area contributed by atoms with E-state index < -0.39 is 6.29 Å². The number of hydrogen-bond donors (Lipinski definition) is 0. The molecule has 0 amide bonds. The molecule has 0 saturated heterocycles. The average molecular weight is 437 g/mol. The van der Waals surface area contributed by atoms with Crippen molar-refractivity contribution in [2.75, 3.05) is 0 Å². The van der Waals surface area contributed by atoms with Gasteiger partial charge in [-0.1, -0.05) is 79.8 Å². The van der Waals surface area contributed by atoms with Gasteiger partial charge in [0, 0.05) is 17.6 Å². The van der Waals surface area contributed by atoms with Crippen molar-refractivity contribution in [3.05, 3.63) is 118 Å². The van der Waals surface area contributed by atoms with E-state index in [0.717, 1.165) is 32.0 Å². The van der Waals surface area contributed by atoms with E-state index in [1.807, 2.05) is 79.8 Å². The minimum atomic E-state index is -0.564. The minimum absolute atomic E-state index is 0.173.